The normalized spacial score (nSPS) is 11.4. The van der Waals surface area contributed by atoms with Crippen molar-refractivity contribution in [3.63, 3.8) is 0 Å². The summed E-state index contributed by atoms with van der Waals surface area (Å²) in [5, 5.41) is 2.28. The number of carbonyl (C=O) groups is 2. The number of amides is 1. The van der Waals surface area contributed by atoms with E-state index in [2.05, 4.69) is 26.0 Å². The van der Waals surface area contributed by atoms with Crippen molar-refractivity contribution in [1.29, 1.82) is 0 Å². The Morgan fingerprint density at radius 1 is 1.35 bits per heavy atom. The third-order valence-electron chi connectivity index (χ3n) is 1.87. The monoisotopic (exact) mass is 301 g/mol. The molecule has 0 spiro atoms. The molecule has 0 bridgehead atoms. The number of esters is 1. The first kappa shape index (κ1) is 13.5. The van der Waals surface area contributed by atoms with E-state index in [1.807, 2.05) is 30.3 Å². The zero-order chi connectivity index (χ0) is 12.7. The van der Waals surface area contributed by atoms with Gasteiger partial charge in [0.15, 0.2) is 4.95 Å². The second-order valence-electron chi connectivity index (χ2n) is 3.09. The zero-order valence-electron chi connectivity index (χ0n) is 9.18. The van der Waals surface area contributed by atoms with Gasteiger partial charge in [-0.15, -0.1) is 0 Å². The molecule has 1 amide bonds. The lowest BCUT2D eigenvalue weighted by molar-refractivity contribution is -0.140. The van der Waals surface area contributed by atoms with Gasteiger partial charge in [-0.2, -0.15) is 0 Å². The minimum absolute atomic E-state index is 0.146. The van der Waals surface area contributed by atoms with Crippen LogP contribution in [0.3, 0.4) is 0 Å². The van der Waals surface area contributed by atoms with Gasteiger partial charge in [-0.25, -0.2) is 9.59 Å². The summed E-state index contributed by atoms with van der Waals surface area (Å²) in [5.41, 5.74) is 0.867. The molecular formula is C11H12BrNO4. The number of methoxy groups -OCH3 is 1. The van der Waals surface area contributed by atoms with Gasteiger partial charge in [0.05, 0.1) is 7.11 Å². The fourth-order valence-electron chi connectivity index (χ4n) is 1.03. The maximum Gasteiger partial charge on any atom is 0.408 e. The van der Waals surface area contributed by atoms with Crippen molar-refractivity contribution in [3.05, 3.63) is 35.9 Å². The van der Waals surface area contributed by atoms with Crippen LogP contribution in [0.25, 0.3) is 0 Å². The Labute approximate surface area is 107 Å². The van der Waals surface area contributed by atoms with Crippen LogP contribution in [0.15, 0.2) is 30.3 Å². The molecule has 1 aromatic carbocycles. The second-order valence-corrected chi connectivity index (χ2v) is 4.01. The number of nitrogens with one attached hydrogen (secondary N) is 1. The topological polar surface area (TPSA) is 64.6 Å². The summed E-state index contributed by atoms with van der Waals surface area (Å²) < 4.78 is 9.33. The Bertz CT molecular complexity index is 382. The summed E-state index contributed by atoms with van der Waals surface area (Å²) in [6.07, 6.45) is -0.693. The fourth-order valence-corrected chi connectivity index (χ4v) is 1.40. The molecule has 1 atom stereocenters. The van der Waals surface area contributed by atoms with Crippen LogP contribution < -0.4 is 5.32 Å². The molecule has 0 saturated heterocycles. The number of benzene rings is 1. The maximum atomic E-state index is 11.3. The number of rotatable bonds is 4. The SMILES string of the molecule is COC(=O)C(Br)NC(=O)OCc1ccccc1. The minimum Gasteiger partial charge on any atom is -0.467 e. The lowest BCUT2D eigenvalue weighted by Crippen LogP contribution is -2.37. The van der Waals surface area contributed by atoms with Crippen LogP contribution in [0.2, 0.25) is 0 Å². The summed E-state index contributed by atoms with van der Waals surface area (Å²) in [5.74, 6) is -0.596. The van der Waals surface area contributed by atoms with Crippen LogP contribution in [-0.4, -0.2) is 24.1 Å². The van der Waals surface area contributed by atoms with Crippen LogP contribution >= 0.6 is 15.9 Å². The van der Waals surface area contributed by atoms with Gasteiger partial charge in [-0.1, -0.05) is 46.3 Å². The third-order valence-corrected chi connectivity index (χ3v) is 2.47. The zero-order valence-corrected chi connectivity index (χ0v) is 10.8. The molecule has 1 aromatic rings. The Hall–Kier alpha value is -1.56. The predicted octanol–water partition coefficient (Wildman–Crippen LogP) is 1.81. The third kappa shape index (κ3) is 4.86. The van der Waals surface area contributed by atoms with Gasteiger partial charge in [-0.05, 0) is 5.56 Å². The number of ether oxygens (including phenoxy) is 2. The number of halogens is 1. The van der Waals surface area contributed by atoms with Crippen LogP contribution in [0.4, 0.5) is 4.79 Å². The summed E-state index contributed by atoms with van der Waals surface area (Å²) in [4.78, 5) is 21.4. The highest BCUT2D eigenvalue weighted by atomic mass is 79.9. The van der Waals surface area contributed by atoms with Gasteiger partial charge in [0, 0.05) is 0 Å². The largest absolute Gasteiger partial charge is 0.467 e. The molecule has 1 rings (SSSR count). The van der Waals surface area contributed by atoms with Crippen molar-refractivity contribution in [3.8, 4) is 0 Å². The number of hydrogen-bond donors (Lipinski definition) is 1. The highest BCUT2D eigenvalue weighted by Gasteiger charge is 2.18. The number of alkyl halides is 1. The van der Waals surface area contributed by atoms with E-state index < -0.39 is 17.0 Å². The average molecular weight is 302 g/mol. The molecule has 0 aliphatic carbocycles. The molecule has 92 valence electrons. The van der Waals surface area contributed by atoms with Crippen molar-refractivity contribution in [1.82, 2.24) is 5.32 Å². The standard InChI is InChI=1S/C11H12BrNO4/c1-16-10(14)9(12)13-11(15)17-7-8-5-3-2-4-6-8/h2-6,9H,7H2,1H3,(H,13,15). The van der Waals surface area contributed by atoms with Crippen LogP contribution in [0.1, 0.15) is 5.56 Å². The molecule has 1 unspecified atom stereocenters. The lowest BCUT2D eigenvalue weighted by atomic mass is 10.2. The smallest absolute Gasteiger partial charge is 0.408 e. The van der Waals surface area contributed by atoms with Gasteiger partial charge in [-0.3, -0.25) is 5.32 Å². The second kappa shape index (κ2) is 6.90. The van der Waals surface area contributed by atoms with Crippen molar-refractivity contribution in [2.45, 2.75) is 11.6 Å². The van der Waals surface area contributed by atoms with Gasteiger partial charge in [0.25, 0.3) is 0 Å². The molecule has 0 aliphatic heterocycles. The van der Waals surface area contributed by atoms with Crippen molar-refractivity contribution in [2.24, 2.45) is 0 Å². The molecule has 6 heteroatoms. The number of carbonyl (C=O) groups excluding carboxylic acids is 2. The van der Waals surface area contributed by atoms with E-state index >= 15 is 0 Å². The van der Waals surface area contributed by atoms with E-state index in [1.54, 1.807) is 0 Å². The fraction of sp³-hybridized carbons (Fsp3) is 0.273. The molecule has 0 saturated carbocycles. The Morgan fingerprint density at radius 3 is 2.59 bits per heavy atom. The number of alkyl carbamates (subject to hydrolysis) is 1. The maximum absolute atomic E-state index is 11.3. The first-order valence-electron chi connectivity index (χ1n) is 4.82. The van der Waals surface area contributed by atoms with E-state index in [0.717, 1.165) is 5.56 Å². The van der Waals surface area contributed by atoms with Crippen molar-refractivity contribution < 1.29 is 19.1 Å². The van der Waals surface area contributed by atoms with E-state index in [0.29, 0.717) is 0 Å². The van der Waals surface area contributed by atoms with E-state index in [9.17, 15) is 9.59 Å². The quantitative estimate of drug-likeness (QED) is 0.523. The first-order chi connectivity index (χ1) is 8.13. The lowest BCUT2D eigenvalue weighted by Gasteiger charge is -2.10. The van der Waals surface area contributed by atoms with Gasteiger partial charge in [0.2, 0.25) is 0 Å². The summed E-state index contributed by atoms with van der Waals surface area (Å²) in [6.45, 7) is 0.146. The van der Waals surface area contributed by atoms with Crippen LogP contribution in [0.5, 0.6) is 0 Å². The molecule has 0 fully saturated rings. The molecular weight excluding hydrogens is 290 g/mol. The van der Waals surface area contributed by atoms with Crippen LogP contribution in [0, 0.1) is 0 Å². The molecule has 5 nitrogen and oxygen atoms in total. The Morgan fingerprint density at radius 2 is 2.00 bits per heavy atom. The summed E-state index contributed by atoms with van der Waals surface area (Å²) >= 11 is 2.94. The molecule has 1 N–H and O–H groups in total. The highest BCUT2D eigenvalue weighted by Crippen LogP contribution is 2.02. The van der Waals surface area contributed by atoms with Crippen molar-refractivity contribution in [2.75, 3.05) is 7.11 Å². The van der Waals surface area contributed by atoms with Crippen LogP contribution in [-0.2, 0) is 20.9 Å². The van der Waals surface area contributed by atoms with Crippen molar-refractivity contribution >= 4 is 28.0 Å². The molecule has 0 aliphatic rings. The number of hydrogen-bond acceptors (Lipinski definition) is 4. The molecule has 0 radical (unpaired) electrons. The van der Waals surface area contributed by atoms with Gasteiger partial charge >= 0.3 is 12.1 Å². The van der Waals surface area contributed by atoms with E-state index in [1.165, 1.54) is 7.11 Å². The predicted molar refractivity (Wildman–Crippen MR) is 64.5 cm³/mol. The summed E-state index contributed by atoms with van der Waals surface area (Å²) in [7, 11) is 1.23. The average Bonchev–Trinajstić information content (AvgIpc) is 2.36. The highest BCUT2D eigenvalue weighted by molar-refractivity contribution is 9.10. The van der Waals surface area contributed by atoms with Gasteiger partial charge < -0.3 is 9.47 Å². The van der Waals surface area contributed by atoms with E-state index in [-0.39, 0.29) is 6.61 Å². The minimum atomic E-state index is -0.907. The van der Waals surface area contributed by atoms with Gasteiger partial charge in [0.1, 0.15) is 6.61 Å². The summed E-state index contributed by atoms with van der Waals surface area (Å²) in [6, 6.07) is 9.23. The Kier molecular flexibility index (Phi) is 5.48. The Balaban J connectivity index is 2.33. The molecule has 0 heterocycles. The molecule has 0 aromatic heterocycles. The first-order valence-corrected chi connectivity index (χ1v) is 5.74. The molecule has 17 heavy (non-hydrogen) atoms. The van der Waals surface area contributed by atoms with E-state index in [4.69, 9.17) is 4.74 Å².